The van der Waals surface area contributed by atoms with Crippen molar-refractivity contribution in [2.45, 2.75) is 0 Å². The van der Waals surface area contributed by atoms with Gasteiger partial charge in [-0.1, -0.05) is 60.7 Å². The Morgan fingerprint density at radius 3 is 2.35 bits per heavy atom. The average Bonchev–Trinajstić information content (AvgIpc) is 3.31. The first-order valence-electron chi connectivity index (χ1n) is 11.4. The Morgan fingerprint density at radius 1 is 0.865 bits per heavy atom. The Hall–Kier alpha value is -5.44. The predicted molar refractivity (Wildman–Crippen MR) is 142 cm³/mol. The lowest BCUT2D eigenvalue weighted by Crippen LogP contribution is -2.20. The van der Waals surface area contributed by atoms with Gasteiger partial charge in [-0.15, -0.1) is 0 Å². The Kier molecular flexibility index (Phi) is 5.35. The van der Waals surface area contributed by atoms with E-state index < -0.39 is 4.92 Å². The summed E-state index contributed by atoms with van der Waals surface area (Å²) < 4.78 is 3.15. The van der Waals surface area contributed by atoms with E-state index >= 15 is 0 Å². The van der Waals surface area contributed by atoms with E-state index in [1.54, 1.807) is 24.4 Å². The molecule has 0 unspecified atom stereocenters. The standard InChI is InChI=1S/C28H18N6O3/c35-28-23-11-4-6-12-24(23)31-27(19-8-2-1-3-9-19)33(28)30-16-20-18-32(25-13-7-5-10-22(20)25)26-15-14-21(17-29-26)34(36)37/h1-18H. The molecule has 3 heterocycles. The van der Waals surface area contributed by atoms with Crippen LogP contribution in [0.25, 0.3) is 39.0 Å². The van der Waals surface area contributed by atoms with Gasteiger partial charge in [-0.2, -0.15) is 9.78 Å². The van der Waals surface area contributed by atoms with Crippen LogP contribution >= 0.6 is 0 Å². The van der Waals surface area contributed by atoms with Gasteiger partial charge in [0, 0.05) is 28.8 Å². The zero-order valence-corrected chi connectivity index (χ0v) is 19.3. The third-order valence-corrected chi connectivity index (χ3v) is 6.03. The van der Waals surface area contributed by atoms with E-state index in [9.17, 15) is 14.9 Å². The molecule has 0 fully saturated rings. The fraction of sp³-hybridized carbons (Fsp3) is 0. The summed E-state index contributed by atoms with van der Waals surface area (Å²) >= 11 is 0. The minimum absolute atomic E-state index is 0.0846. The van der Waals surface area contributed by atoms with Crippen molar-refractivity contribution in [1.29, 1.82) is 0 Å². The lowest BCUT2D eigenvalue weighted by atomic mass is 10.2. The fourth-order valence-corrected chi connectivity index (χ4v) is 4.25. The zero-order chi connectivity index (χ0) is 25.4. The summed E-state index contributed by atoms with van der Waals surface area (Å²) in [4.78, 5) is 33.0. The van der Waals surface area contributed by atoms with Crippen molar-refractivity contribution in [1.82, 2.24) is 19.2 Å². The molecular formula is C28H18N6O3. The maximum absolute atomic E-state index is 13.5. The van der Waals surface area contributed by atoms with Gasteiger partial charge in [-0.25, -0.2) is 9.97 Å². The number of rotatable bonds is 5. The lowest BCUT2D eigenvalue weighted by molar-refractivity contribution is -0.385. The van der Waals surface area contributed by atoms with E-state index in [4.69, 9.17) is 4.98 Å². The molecule has 0 radical (unpaired) electrons. The van der Waals surface area contributed by atoms with Crippen molar-refractivity contribution < 1.29 is 4.92 Å². The van der Waals surface area contributed by atoms with Crippen LogP contribution in [0.4, 0.5) is 5.69 Å². The summed E-state index contributed by atoms with van der Waals surface area (Å²) in [6.45, 7) is 0. The van der Waals surface area contributed by atoms with Crippen LogP contribution in [0.2, 0.25) is 0 Å². The van der Waals surface area contributed by atoms with Crippen LogP contribution in [0.5, 0.6) is 0 Å². The number of nitrogens with zero attached hydrogens (tertiary/aromatic N) is 6. The molecule has 0 aliphatic heterocycles. The number of hydrogen-bond donors (Lipinski definition) is 0. The van der Waals surface area contributed by atoms with Crippen molar-refractivity contribution in [3.8, 4) is 17.2 Å². The monoisotopic (exact) mass is 486 g/mol. The molecule has 0 amide bonds. The van der Waals surface area contributed by atoms with E-state index in [1.165, 1.54) is 16.9 Å². The van der Waals surface area contributed by atoms with Crippen molar-refractivity contribution in [2.75, 3.05) is 0 Å². The molecule has 0 spiro atoms. The highest BCUT2D eigenvalue weighted by Crippen LogP contribution is 2.24. The molecule has 9 nitrogen and oxygen atoms in total. The highest BCUT2D eigenvalue weighted by atomic mass is 16.6. The number of para-hydroxylation sites is 2. The van der Waals surface area contributed by atoms with E-state index in [-0.39, 0.29) is 11.2 Å². The van der Waals surface area contributed by atoms with Crippen LogP contribution in [-0.2, 0) is 0 Å². The van der Waals surface area contributed by atoms with Crippen molar-refractivity contribution in [3.05, 3.63) is 129 Å². The Morgan fingerprint density at radius 2 is 1.59 bits per heavy atom. The SMILES string of the molecule is O=c1c2ccccc2nc(-c2ccccc2)n1N=Cc1cn(-c2ccc([N+](=O)[O-])cn2)c2ccccc12. The number of fused-ring (bicyclic) bond motifs is 2. The average molecular weight is 486 g/mol. The van der Waals surface area contributed by atoms with Crippen molar-refractivity contribution >= 4 is 33.7 Å². The summed E-state index contributed by atoms with van der Waals surface area (Å²) in [6.07, 6.45) is 4.68. The molecule has 0 N–H and O–H groups in total. The quantitative estimate of drug-likeness (QED) is 0.189. The third kappa shape index (κ3) is 3.94. The molecular weight excluding hydrogens is 468 g/mol. The van der Waals surface area contributed by atoms with Gasteiger partial charge in [-0.3, -0.25) is 14.9 Å². The van der Waals surface area contributed by atoms with Crippen molar-refractivity contribution in [3.63, 3.8) is 0 Å². The van der Waals surface area contributed by atoms with Crippen molar-refractivity contribution in [2.24, 2.45) is 5.10 Å². The summed E-state index contributed by atoms with van der Waals surface area (Å²) in [5.41, 5.74) is 2.59. The molecule has 0 saturated carbocycles. The Bertz CT molecular complexity index is 1870. The van der Waals surface area contributed by atoms with Crippen LogP contribution in [0, 0.1) is 10.1 Å². The van der Waals surface area contributed by atoms with E-state index in [0.717, 1.165) is 22.0 Å². The number of benzene rings is 3. The van der Waals surface area contributed by atoms with Gasteiger partial charge >= 0.3 is 0 Å². The number of pyridine rings is 1. The van der Waals surface area contributed by atoms with Crippen LogP contribution in [-0.4, -0.2) is 30.3 Å². The first kappa shape index (κ1) is 22.1. The van der Waals surface area contributed by atoms with E-state index in [2.05, 4.69) is 10.1 Å². The number of nitro groups is 1. The summed E-state index contributed by atoms with van der Waals surface area (Å²) in [6, 6.07) is 27.3. The van der Waals surface area contributed by atoms with Crippen LogP contribution in [0.15, 0.2) is 113 Å². The van der Waals surface area contributed by atoms with Gasteiger partial charge in [0.15, 0.2) is 5.82 Å². The van der Waals surface area contributed by atoms with Gasteiger partial charge in [0.25, 0.3) is 11.2 Å². The summed E-state index contributed by atoms with van der Waals surface area (Å²) in [5.74, 6) is 0.956. The molecule has 9 heteroatoms. The molecule has 6 rings (SSSR count). The second-order valence-electron chi connectivity index (χ2n) is 8.28. The normalized spacial score (nSPS) is 11.5. The minimum atomic E-state index is -0.484. The Labute approximate surface area is 209 Å². The predicted octanol–water partition coefficient (Wildman–Crippen LogP) is 5.19. The molecule has 0 aliphatic rings. The maximum atomic E-state index is 13.5. The fourth-order valence-electron chi connectivity index (χ4n) is 4.25. The molecule has 0 bridgehead atoms. The largest absolute Gasteiger partial charge is 0.301 e. The summed E-state index contributed by atoms with van der Waals surface area (Å²) in [5, 5.41) is 17.0. The van der Waals surface area contributed by atoms with Gasteiger partial charge in [0.1, 0.15) is 12.0 Å². The number of hydrogen-bond acceptors (Lipinski definition) is 6. The molecule has 6 aromatic rings. The van der Waals surface area contributed by atoms with Gasteiger partial charge < -0.3 is 4.57 Å². The van der Waals surface area contributed by atoms with E-state index in [1.807, 2.05) is 77.5 Å². The molecule has 3 aromatic heterocycles. The first-order chi connectivity index (χ1) is 18.1. The number of aromatic nitrogens is 4. The highest BCUT2D eigenvalue weighted by Gasteiger charge is 2.14. The van der Waals surface area contributed by atoms with Gasteiger partial charge in [0.2, 0.25) is 0 Å². The van der Waals surface area contributed by atoms with E-state index in [0.29, 0.717) is 22.5 Å². The zero-order valence-electron chi connectivity index (χ0n) is 19.3. The third-order valence-electron chi connectivity index (χ3n) is 6.03. The smallest absolute Gasteiger partial charge is 0.287 e. The lowest BCUT2D eigenvalue weighted by Gasteiger charge is -2.09. The molecule has 0 saturated heterocycles. The maximum Gasteiger partial charge on any atom is 0.287 e. The summed E-state index contributed by atoms with van der Waals surface area (Å²) in [7, 11) is 0. The van der Waals surface area contributed by atoms with Crippen LogP contribution < -0.4 is 5.56 Å². The molecule has 178 valence electrons. The molecule has 3 aromatic carbocycles. The Balaban J connectivity index is 1.51. The first-order valence-corrected chi connectivity index (χ1v) is 11.4. The van der Waals surface area contributed by atoms with Crippen LogP contribution in [0.3, 0.4) is 0 Å². The topological polar surface area (TPSA) is 108 Å². The minimum Gasteiger partial charge on any atom is -0.301 e. The highest BCUT2D eigenvalue weighted by molar-refractivity contribution is 6.00. The van der Waals surface area contributed by atoms with Crippen LogP contribution in [0.1, 0.15) is 5.56 Å². The second kappa shape index (κ2) is 8.97. The molecule has 37 heavy (non-hydrogen) atoms. The molecule has 0 atom stereocenters. The van der Waals surface area contributed by atoms with Gasteiger partial charge in [0.05, 0.1) is 27.6 Å². The van der Waals surface area contributed by atoms with Gasteiger partial charge in [-0.05, 0) is 24.3 Å². The second-order valence-corrected chi connectivity index (χ2v) is 8.28. The molecule has 0 aliphatic carbocycles.